The first-order valence-corrected chi connectivity index (χ1v) is 12.5. The van der Waals surface area contributed by atoms with Crippen molar-refractivity contribution in [2.75, 3.05) is 0 Å². The molecule has 4 aliphatic carbocycles. The van der Waals surface area contributed by atoms with E-state index in [0.29, 0.717) is 17.1 Å². The van der Waals surface area contributed by atoms with Crippen LogP contribution in [0.3, 0.4) is 0 Å². The Labute approximate surface area is 174 Å². The van der Waals surface area contributed by atoms with Crippen LogP contribution in [0, 0.1) is 46.3 Å². The summed E-state index contributed by atoms with van der Waals surface area (Å²) in [6, 6.07) is 0. The van der Waals surface area contributed by atoms with Crippen molar-refractivity contribution in [3.05, 3.63) is 11.6 Å². The number of ketones is 1. The molecule has 0 amide bonds. The fraction of sp³-hybridized carbons (Fsp3) is 0.889. The number of carbonyl (C=O) groups is 1. The van der Waals surface area contributed by atoms with Crippen molar-refractivity contribution in [3.63, 3.8) is 0 Å². The Morgan fingerprint density at radius 3 is 2.57 bits per heavy atom. The van der Waals surface area contributed by atoms with Crippen molar-refractivity contribution >= 4 is 5.78 Å². The molecule has 4 aliphatic rings. The molecule has 0 spiro atoms. The molecule has 0 aromatic heterocycles. The SMILES string of the molecule is CC(C)CCCC(C)C1CCC2C3CC(=O)C4=CCCCC4(C)C3CCC12C. The van der Waals surface area contributed by atoms with Crippen LogP contribution in [0.5, 0.6) is 0 Å². The molecule has 0 aromatic carbocycles. The van der Waals surface area contributed by atoms with Crippen LogP contribution in [-0.2, 0) is 4.79 Å². The van der Waals surface area contributed by atoms with Crippen molar-refractivity contribution in [3.8, 4) is 0 Å². The van der Waals surface area contributed by atoms with Gasteiger partial charge in [-0.2, -0.15) is 0 Å². The van der Waals surface area contributed by atoms with E-state index in [2.05, 4.69) is 40.7 Å². The Kier molecular flexibility index (Phi) is 5.60. The standard InChI is InChI=1S/C27H44O/c1-18(2)9-8-10-19(3)21-12-13-22-20-17-25(28)24-11-6-7-15-26(24,4)23(20)14-16-27(21,22)5/h11,18-23H,6-10,12-17H2,1-5H3. The summed E-state index contributed by atoms with van der Waals surface area (Å²) < 4.78 is 0. The molecule has 0 aliphatic heterocycles. The number of carbonyl (C=O) groups excluding carboxylic acids is 1. The average Bonchev–Trinajstić information content (AvgIpc) is 2.99. The number of Topliss-reactive ketones (excluding diaryl/α,β-unsaturated/α-hetero) is 1. The lowest BCUT2D eigenvalue weighted by molar-refractivity contribution is -0.129. The highest BCUT2D eigenvalue weighted by atomic mass is 16.1. The Balaban J connectivity index is 1.52. The minimum Gasteiger partial charge on any atom is -0.295 e. The van der Waals surface area contributed by atoms with Crippen molar-refractivity contribution in [1.82, 2.24) is 0 Å². The third-order valence-corrected chi connectivity index (χ3v) is 10.0. The molecule has 4 rings (SSSR count). The monoisotopic (exact) mass is 384 g/mol. The van der Waals surface area contributed by atoms with Crippen molar-refractivity contribution in [2.45, 2.75) is 105 Å². The topological polar surface area (TPSA) is 17.1 Å². The molecule has 1 nitrogen and oxygen atoms in total. The van der Waals surface area contributed by atoms with E-state index in [1.54, 1.807) is 0 Å². The fourth-order valence-electron chi connectivity index (χ4n) is 8.61. The summed E-state index contributed by atoms with van der Waals surface area (Å²) in [5.74, 6) is 5.32. The lowest BCUT2D eigenvalue weighted by Crippen LogP contribution is -2.52. The normalized spacial score (nSPS) is 43.9. The fourth-order valence-corrected chi connectivity index (χ4v) is 8.61. The summed E-state index contributed by atoms with van der Waals surface area (Å²) in [6.07, 6.45) is 16.6. The van der Waals surface area contributed by atoms with Gasteiger partial charge in [-0.25, -0.2) is 0 Å². The van der Waals surface area contributed by atoms with Gasteiger partial charge in [0.25, 0.3) is 0 Å². The zero-order valence-electron chi connectivity index (χ0n) is 19.2. The first-order chi connectivity index (χ1) is 13.3. The molecule has 0 aromatic rings. The lowest BCUT2D eigenvalue weighted by atomic mass is 9.46. The van der Waals surface area contributed by atoms with Gasteiger partial charge in [-0.1, -0.05) is 60.0 Å². The van der Waals surface area contributed by atoms with Gasteiger partial charge in [-0.05, 0) is 96.9 Å². The van der Waals surface area contributed by atoms with Gasteiger partial charge in [0.2, 0.25) is 0 Å². The molecular weight excluding hydrogens is 340 g/mol. The number of rotatable bonds is 5. The Bertz CT molecular complexity index is 630. The molecule has 3 fully saturated rings. The number of hydrogen-bond donors (Lipinski definition) is 0. The summed E-state index contributed by atoms with van der Waals surface area (Å²) in [6.45, 7) is 12.3. The highest BCUT2D eigenvalue weighted by molar-refractivity contribution is 5.98. The minimum absolute atomic E-state index is 0.195. The Morgan fingerprint density at radius 2 is 1.82 bits per heavy atom. The average molecular weight is 385 g/mol. The quantitative estimate of drug-likeness (QED) is 0.477. The molecule has 0 radical (unpaired) electrons. The summed E-state index contributed by atoms with van der Waals surface area (Å²) in [4.78, 5) is 13.1. The molecule has 158 valence electrons. The van der Waals surface area contributed by atoms with E-state index in [4.69, 9.17) is 0 Å². The van der Waals surface area contributed by atoms with Gasteiger partial charge in [-0.15, -0.1) is 0 Å². The summed E-state index contributed by atoms with van der Waals surface area (Å²) in [7, 11) is 0. The van der Waals surface area contributed by atoms with Crippen LogP contribution in [0.4, 0.5) is 0 Å². The molecule has 28 heavy (non-hydrogen) atoms. The molecule has 3 saturated carbocycles. The van der Waals surface area contributed by atoms with Gasteiger partial charge in [0.1, 0.15) is 0 Å². The van der Waals surface area contributed by atoms with Crippen LogP contribution in [0.15, 0.2) is 11.6 Å². The smallest absolute Gasteiger partial charge is 0.159 e. The summed E-state index contributed by atoms with van der Waals surface area (Å²) >= 11 is 0. The molecule has 1 heteroatoms. The first kappa shape index (κ1) is 20.7. The zero-order valence-corrected chi connectivity index (χ0v) is 19.2. The van der Waals surface area contributed by atoms with Crippen LogP contribution < -0.4 is 0 Å². The molecule has 0 heterocycles. The maximum Gasteiger partial charge on any atom is 0.159 e. The lowest BCUT2D eigenvalue weighted by Gasteiger charge is -2.58. The number of fused-ring (bicyclic) bond motifs is 5. The second-order valence-electron chi connectivity index (χ2n) is 12.0. The van der Waals surface area contributed by atoms with Gasteiger partial charge in [0.15, 0.2) is 5.78 Å². The largest absolute Gasteiger partial charge is 0.295 e. The third-order valence-electron chi connectivity index (χ3n) is 10.0. The Hall–Kier alpha value is -0.590. The Morgan fingerprint density at radius 1 is 1.04 bits per heavy atom. The van der Waals surface area contributed by atoms with Crippen molar-refractivity contribution in [1.29, 1.82) is 0 Å². The predicted molar refractivity (Wildman–Crippen MR) is 118 cm³/mol. The van der Waals surface area contributed by atoms with Crippen molar-refractivity contribution in [2.24, 2.45) is 46.3 Å². The number of hydrogen-bond acceptors (Lipinski definition) is 1. The molecule has 0 bridgehead atoms. The first-order valence-electron chi connectivity index (χ1n) is 12.5. The van der Waals surface area contributed by atoms with Crippen LogP contribution in [0.2, 0.25) is 0 Å². The van der Waals surface area contributed by atoms with E-state index in [1.165, 1.54) is 63.4 Å². The van der Waals surface area contributed by atoms with Crippen LogP contribution >= 0.6 is 0 Å². The van der Waals surface area contributed by atoms with E-state index in [-0.39, 0.29) is 5.41 Å². The van der Waals surface area contributed by atoms with Gasteiger partial charge >= 0.3 is 0 Å². The van der Waals surface area contributed by atoms with Gasteiger partial charge in [0, 0.05) is 6.42 Å². The maximum absolute atomic E-state index is 13.1. The van der Waals surface area contributed by atoms with Crippen LogP contribution in [-0.4, -0.2) is 5.78 Å². The second-order valence-corrected chi connectivity index (χ2v) is 12.0. The van der Waals surface area contributed by atoms with Gasteiger partial charge < -0.3 is 0 Å². The van der Waals surface area contributed by atoms with Gasteiger partial charge in [-0.3, -0.25) is 4.79 Å². The highest BCUT2D eigenvalue weighted by Crippen LogP contribution is 2.67. The van der Waals surface area contributed by atoms with E-state index in [0.717, 1.165) is 42.4 Å². The molecule has 7 atom stereocenters. The number of allylic oxidation sites excluding steroid dienone is 2. The zero-order chi connectivity index (χ0) is 20.1. The molecule has 7 unspecified atom stereocenters. The predicted octanol–water partition coefficient (Wildman–Crippen LogP) is 7.60. The molecular formula is C27H44O. The van der Waals surface area contributed by atoms with Crippen LogP contribution in [0.1, 0.15) is 105 Å². The highest BCUT2D eigenvalue weighted by Gasteiger charge is 2.60. The van der Waals surface area contributed by atoms with E-state index in [9.17, 15) is 4.79 Å². The third kappa shape index (κ3) is 3.24. The van der Waals surface area contributed by atoms with Crippen molar-refractivity contribution < 1.29 is 4.79 Å². The van der Waals surface area contributed by atoms with Gasteiger partial charge in [0.05, 0.1) is 0 Å². The summed E-state index contributed by atoms with van der Waals surface area (Å²) in [5.41, 5.74) is 1.92. The maximum atomic E-state index is 13.1. The minimum atomic E-state index is 0.195. The van der Waals surface area contributed by atoms with E-state index < -0.39 is 0 Å². The molecule has 0 N–H and O–H groups in total. The molecule has 0 saturated heterocycles. The second kappa shape index (κ2) is 7.59. The summed E-state index contributed by atoms with van der Waals surface area (Å²) in [5, 5.41) is 0. The van der Waals surface area contributed by atoms with E-state index in [1.807, 2.05) is 0 Å². The van der Waals surface area contributed by atoms with Crippen LogP contribution in [0.25, 0.3) is 0 Å². The van der Waals surface area contributed by atoms with E-state index >= 15 is 0 Å².